The van der Waals surface area contributed by atoms with Crippen LogP contribution in [0.3, 0.4) is 0 Å². The largest absolute Gasteiger partial charge is 0.497 e. The monoisotopic (exact) mass is 340 g/mol. The molecule has 1 amide bonds. The van der Waals surface area contributed by atoms with Crippen LogP contribution in [0, 0.1) is 0 Å². The molecule has 0 bridgehead atoms. The highest BCUT2D eigenvalue weighted by Crippen LogP contribution is 2.35. The molecule has 5 heteroatoms. The van der Waals surface area contributed by atoms with Crippen molar-refractivity contribution in [1.82, 2.24) is 9.88 Å². The minimum Gasteiger partial charge on any atom is -0.497 e. The third-order valence-corrected chi connectivity index (χ3v) is 5.00. The Kier molecular flexibility index (Phi) is 5.04. The molecule has 1 aromatic carbocycles. The van der Waals surface area contributed by atoms with Crippen LogP contribution in [0.1, 0.15) is 30.9 Å². The van der Waals surface area contributed by atoms with E-state index < -0.39 is 5.60 Å². The summed E-state index contributed by atoms with van der Waals surface area (Å²) in [5, 5.41) is 11.2. The SMILES string of the molecule is COc1ccc([C@@](C)(O)[C@H]2CCCN2C(=O)Cc2ccncc2)cc1. The Morgan fingerprint density at radius 2 is 1.96 bits per heavy atom. The molecule has 2 atom stereocenters. The number of likely N-dealkylation sites (tertiary alicyclic amines) is 1. The van der Waals surface area contributed by atoms with Gasteiger partial charge in [-0.2, -0.15) is 0 Å². The van der Waals surface area contributed by atoms with Crippen LogP contribution in [-0.4, -0.2) is 40.6 Å². The summed E-state index contributed by atoms with van der Waals surface area (Å²) in [6.45, 7) is 2.47. The first-order chi connectivity index (χ1) is 12.0. The molecule has 1 fully saturated rings. The Labute approximate surface area is 148 Å². The van der Waals surface area contributed by atoms with E-state index in [1.807, 2.05) is 41.3 Å². The fraction of sp³-hybridized carbons (Fsp3) is 0.400. The molecule has 1 aliphatic rings. The summed E-state index contributed by atoms with van der Waals surface area (Å²) in [4.78, 5) is 18.6. The third kappa shape index (κ3) is 3.66. The summed E-state index contributed by atoms with van der Waals surface area (Å²) in [7, 11) is 1.61. The van der Waals surface area contributed by atoms with Crippen molar-refractivity contribution >= 4 is 5.91 Å². The highest BCUT2D eigenvalue weighted by Gasteiger charge is 2.42. The zero-order valence-electron chi connectivity index (χ0n) is 14.7. The zero-order chi connectivity index (χ0) is 17.9. The van der Waals surface area contributed by atoms with Gasteiger partial charge in [0.2, 0.25) is 5.91 Å². The zero-order valence-corrected chi connectivity index (χ0v) is 14.7. The Morgan fingerprint density at radius 1 is 1.28 bits per heavy atom. The van der Waals surface area contributed by atoms with E-state index in [4.69, 9.17) is 4.74 Å². The fourth-order valence-electron chi connectivity index (χ4n) is 3.55. The number of methoxy groups -OCH3 is 1. The maximum absolute atomic E-state index is 12.8. The van der Waals surface area contributed by atoms with E-state index in [2.05, 4.69) is 4.98 Å². The maximum atomic E-state index is 12.8. The number of amides is 1. The lowest BCUT2D eigenvalue weighted by Gasteiger charge is -2.37. The van der Waals surface area contributed by atoms with Crippen LogP contribution >= 0.6 is 0 Å². The molecule has 25 heavy (non-hydrogen) atoms. The van der Waals surface area contributed by atoms with Gasteiger partial charge in [0.25, 0.3) is 0 Å². The summed E-state index contributed by atoms with van der Waals surface area (Å²) < 4.78 is 5.18. The van der Waals surface area contributed by atoms with Crippen molar-refractivity contribution in [1.29, 1.82) is 0 Å². The number of nitrogens with zero attached hydrogens (tertiary/aromatic N) is 2. The van der Waals surface area contributed by atoms with Crippen molar-refractivity contribution in [3.05, 3.63) is 59.9 Å². The molecule has 0 unspecified atom stereocenters. The number of carbonyl (C=O) groups excluding carboxylic acids is 1. The van der Waals surface area contributed by atoms with Crippen LogP contribution in [0.4, 0.5) is 0 Å². The number of aliphatic hydroxyl groups is 1. The van der Waals surface area contributed by atoms with Crippen LogP contribution < -0.4 is 4.74 Å². The second-order valence-electron chi connectivity index (χ2n) is 6.65. The van der Waals surface area contributed by atoms with Crippen molar-refractivity contribution in [2.24, 2.45) is 0 Å². The maximum Gasteiger partial charge on any atom is 0.227 e. The van der Waals surface area contributed by atoms with Gasteiger partial charge in [0.1, 0.15) is 11.4 Å². The highest BCUT2D eigenvalue weighted by atomic mass is 16.5. The molecule has 0 radical (unpaired) electrons. The number of hydrogen-bond acceptors (Lipinski definition) is 4. The van der Waals surface area contributed by atoms with Crippen molar-refractivity contribution < 1.29 is 14.6 Å². The quantitative estimate of drug-likeness (QED) is 0.908. The molecule has 0 saturated carbocycles. The van der Waals surface area contributed by atoms with E-state index in [1.54, 1.807) is 26.4 Å². The first-order valence-electron chi connectivity index (χ1n) is 8.57. The Hall–Kier alpha value is -2.40. The first-order valence-corrected chi connectivity index (χ1v) is 8.57. The predicted octanol–water partition coefficient (Wildman–Crippen LogP) is 2.53. The van der Waals surface area contributed by atoms with E-state index in [-0.39, 0.29) is 11.9 Å². The Balaban J connectivity index is 1.78. The van der Waals surface area contributed by atoms with E-state index in [0.717, 1.165) is 29.7 Å². The van der Waals surface area contributed by atoms with Gasteiger partial charge in [-0.3, -0.25) is 9.78 Å². The molecule has 1 aliphatic heterocycles. The lowest BCUT2D eigenvalue weighted by Crippen LogP contribution is -2.48. The van der Waals surface area contributed by atoms with Crippen molar-refractivity contribution in [3.8, 4) is 5.75 Å². The molecule has 1 N–H and O–H groups in total. The van der Waals surface area contributed by atoms with E-state index in [9.17, 15) is 9.90 Å². The van der Waals surface area contributed by atoms with E-state index >= 15 is 0 Å². The lowest BCUT2D eigenvalue weighted by molar-refractivity contribution is -0.137. The average molecular weight is 340 g/mol. The van der Waals surface area contributed by atoms with Crippen LogP contribution in [-0.2, 0) is 16.8 Å². The van der Waals surface area contributed by atoms with Crippen molar-refractivity contribution in [2.75, 3.05) is 13.7 Å². The van der Waals surface area contributed by atoms with Gasteiger partial charge in [-0.15, -0.1) is 0 Å². The fourth-order valence-corrected chi connectivity index (χ4v) is 3.55. The van der Waals surface area contributed by atoms with Gasteiger partial charge < -0.3 is 14.7 Å². The minimum atomic E-state index is -1.10. The van der Waals surface area contributed by atoms with Gasteiger partial charge >= 0.3 is 0 Å². The number of rotatable bonds is 5. The number of ether oxygens (including phenoxy) is 1. The van der Waals surface area contributed by atoms with Gasteiger partial charge in [-0.25, -0.2) is 0 Å². The molecule has 132 valence electrons. The van der Waals surface area contributed by atoms with E-state index in [0.29, 0.717) is 13.0 Å². The van der Waals surface area contributed by atoms with Crippen LogP contribution in [0.2, 0.25) is 0 Å². The summed E-state index contributed by atoms with van der Waals surface area (Å²) in [5.41, 5.74) is 0.632. The third-order valence-electron chi connectivity index (χ3n) is 5.00. The number of carbonyl (C=O) groups is 1. The number of pyridine rings is 1. The molecule has 3 rings (SSSR count). The number of hydrogen-bond donors (Lipinski definition) is 1. The summed E-state index contributed by atoms with van der Waals surface area (Å²) >= 11 is 0. The molecular formula is C20H24N2O3. The average Bonchev–Trinajstić information content (AvgIpc) is 3.13. The van der Waals surface area contributed by atoms with Gasteiger partial charge in [0, 0.05) is 18.9 Å². The van der Waals surface area contributed by atoms with Gasteiger partial charge in [0.15, 0.2) is 0 Å². The second kappa shape index (κ2) is 7.23. The molecule has 0 aliphatic carbocycles. The molecule has 1 saturated heterocycles. The van der Waals surface area contributed by atoms with Crippen LogP contribution in [0.5, 0.6) is 5.75 Å². The topological polar surface area (TPSA) is 62.7 Å². The highest BCUT2D eigenvalue weighted by molar-refractivity contribution is 5.79. The summed E-state index contributed by atoms with van der Waals surface area (Å²) in [6.07, 6.45) is 5.41. The standard InChI is InChI=1S/C20H24N2O3/c1-20(24,16-5-7-17(25-2)8-6-16)18-4-3-13-22(18)19(23)14-15-9-11-21-12-10-15/h5-12,18,24H,3-4,13-14H2,1-2H3/t18-,20-/m1/s1. The Bertz CT molecular complexity index is 713. The van der Waals surface area contributed by atoms with Crippen LogP contribution in [0.15, 0.2) is 48.8 Å². The molecule has 0 spiro atoms. The number of benzene rings is 1. The molecular weight excluding hydrogens is 316 g/mol. The summed E-state index contributed by atoms with van der Waals surface area (Å²) in [5.74, 6) is 0.791. The van der Waals surface area contributed by atoms with Crippen molar-refractivity contribution in [2.45, 2.75) is 37.8 Å². The molecule has 1 aromatic heterocycles. The smallest absolute Gasteiger partial charge is 0.227 e. The van der Waals surface area contributed by atoms with E-state index in [1.165, 1.54) is 0 Å². The normalized spacial score (nSPS) is 19.5. The van der Waals surface area contributed by atoms with Gasteiger partial charge in [0.05, 0.1) is 19.6 Å². The number of aromatic nitrogens is 1. The second-order valence-corrected chi connectivity index (χ2v) is 6.65. The molecule has 5 nitrogen and oxygen atoms in total. The minimum absolute atomic E-state index is 0.0440. The first kappa shape index (κ1) is 17.4. The van der Waals surface area contributed by atoms with Gasteiger partial charge in [-0.1, -0.05) is 12.1 Å². The molecule has 2 aromatic rings. The van der Waals surface area contributed by atoms with Gasteiger partial charge in [-0.05, 0) is 55.2 Å². The lowest BCUT2D eigenvalue weighted by atomic mass is 9.86. The predicted molar refractivity (Wildman–Crippen MR) is 95.2 cm³/mol. The molecule has 2 heterocycles. The summed E-state index contributed by atoms with van der Waals surface area (Å²) in [6, 6.07) is 10.9. The van der Waals surface area contributed by atoms with Crippen molar-refractivity contribution in [3.63, 3.8) is 0 Å². The van der Waals surface area contributed by atoms with Crippen LogP contribution in [0.25, 0.3) is 0 Å². The Morgan fingerprint density at radius 3 is 2.60 bits per heavy atom.